The molecule has 150 valence electrons. The zero-order chi connectivity index (χ0) is 21.2. The molecule has 0 atom stereocenters. The highest BCUT2D eigenvalue weighted by Crippen LogP contribution is 2.28. The lowest BCUT2D eigenvalue weighted by Crippen LogP contribution is -2.18. The number of pyridine rings is 1. The Morgan fingerprint density at radius 1 is 1.07 bits per heavy atom. The number of rotatable bonds is 4. The standard InChI is InChI=1S/C19H16F3N5O2/c1-11-15(18(29)26-14-5-3-4-12(8-14)17(28)23-2)10-25-27(11)16-7-6-13(9-24-16)19(20,21)22/h3-10H,1-2H3,(H,23,28)(H,26,29). The van der Waals surface area contributed by atoms with Gasteiger partial charge in [0.25, 0.3) is 11.8 Å². The quantitative estimate of drug-likeness (QED) is 0.700. The van der Waals surface area contributed by atoms with Crippen molar-refractivity contribution < 1.29 is 22.8 Å². The van der Waals surface area contributed by atoms with E-state index in [2.05, 4.69) is 20.7 Å². The fourth-order valence-electron chi connectivity index (χ4n) is 2.62. The van der Waals surface area contributed by atoms with Gasteiger partial charge in [-0.25, -0.2) is 9.67 Å². The van der Waals surface area contributed by atoms with E-state index < -0.39 is 17.6 Å². The fraction of sp³-hybridized carbons (Fsp3) is 0.158. The normalized spacial score (nSPS) is 11.2. The molecule has 0 aliphatic heterocycles. The van der Waals surface area contributed by atoms with Crippen LogP contribution in [0.1, 0.15) is 32.0 Å². The van der Waals surface area contributed by atoms with E-state index in [1.807, 2.05) is 0 Å². The first-order chi connectivity index (χ1) is 13.7. The summed E-state index contributed by atoms with van der Waals surface area (Å²) < 4.78 is 39.3. The molecule has 0 unspecified atom stereocenters. The lowest BCUT2D eigenvalue weighted by atomic mass is 10.1. The molecule has 1 aromatic carbocycles. The van der Waals surface area contributed by atoms with Gasteiger partial charge in [0.2, 0.25) is 0 Å². The van der Waals surface area contributed by atoms with Gasteiger partial charge < -0.3 is 10.6 Å². The molecular formula is C19H16F3N5O2. The second kappa shape index (κ2) is 7.74. The summed E-state index contributed by atoms with van der Waals surface area (Å²) in [4.78, 5) is 28.1. The van der Waals surface area contributed by atoms with Crippen molar-refractivity contribution in [2.24, 2.45) is 0 Å². The highest BCUT2D eigenvalue weighted by molar-refractivity contribution is 6.05. The van der Waals surface area contributed by atoms with E-state index >= 15 is 0 Å². The Kier molecular flexibility index (Phi) is 5.35. The molecule has 0 fully saturated rings. The number of nitrogens with one attached hydrogen (secondary N) is 2. The second-order valence-electron chi connectivity index (χ2n) is 6.07. The van der Waals surface area contributed by atoms with Gasteiger partial charge in [0.15, 0.2) is 5.82 Å². The first kappa shape index (κ1) is 20.1. The van der Waals surface area contributed by atoms with Gasteiger partial charge in [-0.2, -0.15) is 18.3 Å². The fourth-order valence-corrected chi connectivity index (χ4v) is 2.62. The number of nitrogens with zero attached hydrogens (tertiary/aromatic N) is 3. The third kappa shape index (κ3) is 4.26. The highest BCUT2D eigenvalue weighted by Gasteiger charge is 2.30. The van der Waals surface area contributed by atoms with Crippen LogP contribution in [-0.4, -0.2) is 33.6 Å². The van der Waals surface area contributed by atoms with Crippen molar-refractivity contribution in [1.29, 1.82) is 0 Å². The van der Waals surface area contributed by atoms with E-state index in [9.17, 15) is 22.8 Å². The van der Waals surface area contributed by atoms with E-state index in [4.69, 9.17) is 0 Å². The minimum atomic E-state index is -4.49. The van der Waals surface area contributed by atoms with Gasteiger partial charge in [-0.15, -0.1) is 0 Å². The number of amides is 2. The van der Waals surface area contributed by atoms with Gasteiger partial charge in [0.05, 0.1) is 23.0 Å². The number of carbonyl (C=O) groups excluding carboxylic acids is 2. The van der Waals surface area contributed by atoms with Crippen molar-refractivity contribution in [2.45, 2.75) is 13.1 Å². The summed E-state index contributed by atoms with van der Waals surface area (Å²) in [5.41, 5.74) is 0.539. The summed E-state index contributed by atoms with van der Waals surface area (Å²) in [6.45, 7) is 1.60. The summed E-state index contributed by atoms with van der Waals surface area (Å²) in [6, 6.07) is 8.46. The average Bonchev–Trinajstić information content (AvgIpc) is 3.08. The minimum Gasteiger partial charge on any atom is -0.355 e. The Bertz CT molecular complexity index is 1060. The predicted octanol–water partition coefficient (Wildman–Crippen LogP) is 3.21. The molecule has 0 saturated heterocycles. The summed E-state index contributed by atoms with van der Waals surface area (Å²) in [7, 11) is 1.50. The maximum absolute atomic E-state index is 12.7. The first-order valence-electron chi connectivity index (χ1n) is 8.42. The lowest BCUT2D eigenvalue weighted by Gasteiger charge is -2.09. The number of carbonyl (C=O) groups is 2. The number of aromatic nitrogens is 3. The lowest BCUT2D eigenvalue weighted by molar-refractivity contribution is -0.137. The molecule has 3 aromatic rings. The van der Waals surface area contributed by atoms with Crippen LogP contribution in [0.3, 0.4) is 0 Å². The van der Waals surface area contributed by atoms with E-state index in [1.165, 1.54) is 30.1 Å². The van der Waals surface area contributed by atoms with Crippen molar-refractivity contribution in [3.8, 4) is 5.82 Å². The van der Waals surface area contributed by atoms with Crippen LogP contribution in [0.2, 0.25) is 0 Å². The molecule has 3 rings (SSSR count). The molecule has 0 aliphatic carbocycles. The van der Waals surface area contributed by atoms with Gasteiger partial charge in [-0.3, -0.25) is 9.59 Å². The second-order valence-corrected chi connectivity index (χ2v) is 6.07. The van der Waals surface area contributed by atoms with E-state index in [1.54, 1.807) is 25.1 Å². The van der Waals surface area contributed by atoms with Crippen LogP contribution in [0.25, 0.3) is 5.82 Å². The van der Waals surface area contributed by atoms with E-state index in [0.29, 0.717) is 23.1 Å². The van der Waals surface area contributed by atoms with Gasteiger partial charge >= 0.3 is 6.18 Å². The first-order valence-corrected chi connectivity index (χ1v) is 8.42. The molecule has 29 heavy (non-hydrogen) atoms. The maximum atomic E-state index is 12.7. The van der Waals surface area contributed by atoms with Crippen molar-refractivity contribution in [1.82, 2.24) is 20.1 Å². The number of halogens is 3. The topological polar surface area (TPSA) is 88.9 Å². The Hall–Kier alpha value is -3.69. The smallest absolute Gasteiger partial charge is 0.355 e. The molecule has 7 nitrogen and oxygen atoms in total. The molecule has 2 amide bonds. The molecule has 10 heteroatoms. The number of hydrogen-bond acceptors (Lipinski definition) is 4. The van der Waals surface area contributed by atoms with Gasteiger partial charge in [-0.05, 0) is 37.3 Å². The van der Waals surface area contributed by atoms with Crippen LogP contribution < -0.4 is 10.6 Å². The van der Waals surface area contributed by atoms with Crippen LogP contribution >= 0.6 is 0 Å². The van der Waals surface area contributed by atoms with Crippen molar-refractivity contribution in [2.75, 3.05) is 12.4 Å². The maximum Gasteiger partial charge on any atom is 0.417 e. The highest BCUT2D eigenvalue weighted by atomic mass is 19.4. The van der Waals surface area contributed by atoms with Crippen molar-refractivity contribution >= 4 is 17.5 Å². The van der Waals surface area contributed by atoms with E-state index in [-0.39, 0.29) is 17.3 Å². The zero-order valence-corrected chi connectivity index (χ0v) is 15.4. The molecule has 0 spiro atoms. The van der Waals surface area contributed by atoms with Crippen LogP contribution in [0.15, 0.2) is 48.8 Å². The molecule has 0 bridgehead atoms. The molecule has 2 heterocycles. The predicted molar refractivity (Wildman–Crippen MR) is 98.9 cm³/mol. The molecule has 0 saturated carbocycles. The Morgan fingerprint density at radius 2 is 1.83 bits per heavy atom. The number of hydrogen-bond donors (Lipinski definition) is 2. The van der Waals surface area contributed by atoms with Crippen LogP contribution in [0.5, 0.6) is 0 Å². The van der Waals surface area contributed by atoms with Crippen LogP contribution in [-0.2, 0) is 6.18 Å². The molecular weight excluding hydrogens is 387 g/mol. The number of anilines is 1. The Labute approximate surface area is 163 Å². The molecule has 2 aromatic heterocycles. The van der Waals surface area contributed by atoms with Crippen LogP contribution in [0.4, 0.5) is 18.9 Å². The third-order valence-corrected chi connectivity index (χ3v) is 4.16. The zero-order valence-electron chi connectivity index (χ0n) is 15.4. The summed E-state index contributed by atoms with van der Waals surface area (Å²) in [6.07, 6.45) is -2.48. The van der Waals surface area contributed by atoms with Crippen LogP contribution in [0, 0.1) is 6.92 Å². The third-order valence-electron chi connectivity index (χ3n) is 4.16. The summed E-state index contributed by atoms with van der Waals surface area (Å²) in [5, 5.41) is 9.21. The van der Waals surface area contributed by atoms with Crippen molar-refractivity contribution in [3.05, 3.63) is 71.2 Å². The molecule has 0 aliphatic rings. The van der Waals surface area contributed by atoms with Gasteiger partial charge in [0.1, 0.15) is 0 Å². The molecule has 0 radical (unpaired) electrons. The Balaban J connectivity index is 1.82. The molecule has 2 N–H and O–H groups in total. The Morgan fingerprint density at radius 3 is 2.45 bits per heavy atom. The minimum absolute atomic E-state index is 0.149. The summed E-state index contributed by atoms with van der Waals surface area (Å²) in [5.74, 6) is -0.621. The van der Waals surface area contributed by atoms with Crippen molar-refractivity contribution in [3.63, 3.8) is 0 Å². The number of alkyl halides is 3. The monoisotopic (exact) mass is 403 g/mol. The van der Waals surface area contributed by atoms with Gasteiger partial charge in [0, 0.05) is 24.5 Å². The largest absolute Gasteiger partial charge is 0.417 e. The van der Waals surface area contributed by atoms with Gasteiger partial charge in [-0.1, -0.05) is 6.07 Å². The SMILES string of the molecule is CNC(=O)c1cccc(NC(=O)c2cnn(-c3ccc(C(F)(F)F)cn3)c2C)c1. The average molecular weight is 403 g/mol. The van der Waals surface area contributed by atoms with E-state index in [0.717, 1.165) is 6.07 Å². The number of benzene rings is 1. The summed E-state index contributed by atoms with van der Waals surface area (Å²) >= 11 is 0.